The molecule has 6 heteroatoms. The third kappa shape index (κ3) is 5.34. The number of hydrogen-bond donors (Lipinski definition) is 2. The summed E-state index contributed by atoms with van der Waals surface area (Å²) >= 11 is 0. The van der Waals surface area contributed by atoms with Gasteiger partial charge in [0.25, 0.3) is 0 Å². The van der Waals surface area contributed by atoms with Crippen LogP contribution in [0.4, 0.5) is 8.78 Å². The largest absolute Gasteiger partial charge is 0.481 e. The van der Waals surface area contributed by atoms with E-state index in [1.165, 1.54) is 6.07 Å². The number of carbonyl (C=O) groups is 2. The van der Waals surface area contributed by atoms with Crippen LogP contribution in [-0.2, 0) is 16.0 Å². The Hall–Kier alpha value is -1.98. The molecule has 0 aliphatic carbocycles. The van der Waals surface area contributed by atoms with Gasteiger partial charge < -0.3 is 10.4 Å². The van der Waals surface area contributed by atoms with E-state index in [2.05, 4.69) is 5.32 Å². The van der Waals surface area contributed by atoms with Gasteiger partial charge in [0, 0.05) is 13.0 Å². The first-order chi connectivity index (χ1) is 9.42. The molecular formula is C14H17F2NO3. The van der Waals surface area contributed by atoms with Crippen molar-refractivity contribution in [2.45, 2.75) is 26.2 Å². The van der Waals surface area contributed by atoms with Gasteiger partial charge in [-0.05, 0) is 23.6 Å². The van der Waals surface area contributed by atoms with Crippen LogP contribution in [0.2, 0.25) is 0 Å². The summed E-state index contributed by atoms with van der Waals surface area (Å²) in [6.07, 6.45) is 0.556. The number of carboxylic acid groups (broad SMARTS) is 1. The summed E-state index contributed by atoms with van der Waals surface area (Å²) in [5.74, 6) is -3.35. The third-order valence-electron chi connectivity index (χ3n) is 2.98. The van der Waals surface area contributed by atoms with E-state index >= 15 is 0 Å². The van der Waals surface area contributed by atoms with Gasteiger partial charge in [0.15, 0.2) is 11.6 Å². The molecule has 1 aromatic rings. The quantitative estimate of drug-likeness (QED) is 0.806. The Balaban J connectivity index is 2.46. The highest BCUT2D eigenvalue weighted by Crippen LogP contribution is 2.10. The summed E-state index contributed by atoms with van der Waals surface area (Å²) in [7, 11) is 0. The van der Waals surface area contributed by atoms with E-state index in [1.807, 2.05) is 6.92 Å². The summed E-state index contributed by atoms with van der Waals surface area (Å²) in [6.45, 7) is 2.10. The van der Waals surface area contributed by atoms with Gasteiger partial charge in [-0.25, -0.2) is 8.78 Å². The van der Waals surface area contributed by atoms with Crippen LogP contribution in [0.5, 0.6) is 0 Å². The zero-order chi connectivity index (χ0) is 15.1. The van der Waals surface area contributed by atoms with E-state index < -0.39 is 17.6 Å². The highest BCUT2D eigenvalue weighted by atomic mass is 19.2. The molecule has 0 bridgehead atoms. The predicted molar refractivity (Wildman–Crippen MR) is 69.1 cm³/mol. The van der Waals surface area contributed by atoms with Crippen molar-refractivity contribution in [2.24, 2.45) is 5.92 Å². The van der Waals surface area contributed by atoms with E-state index in [0.717, 1.165) is 12.1 Å². The Labute approximate surface area is 115 Å². The molecule has 4 nitrogen and oxygen atoms in total. The first-order valence-electron chi connectivity index (χ1n) is 6.34. The van der Waals surface area contributed by atoms with Crippen LogP contribution in [-0.4, -0.2) is 23.5 Å². The molecule has 0 radical (unpaired) electrons. The molecule has 0 saturated heterocycles. The second kappa shape index (κ2) is 7.57. The zero-order valence-electron chi connectivity index (χ0n) is 11.2. The number of nitrogens with one attached hydrogen (secondary N) is 1. The number of rotatable bonds is 7. The molecule has 0 spiro atoms. The number of carbonyl (C=O) groups excluding carboxylic acids is 1. The molecule has 1 atom stereocenters. The highest BCUT2D eigenvalue weighted by Gasteiger charge is 2.13. The molecule has 0 aromatic heterocycles. The Kier molecular flexibility index (Phi) is 6.09. The molecule has 0 fully saturated rings. The van der Waals surface area contributed by atoms with Gasteiger partial charge >= 0.3 is 5.97 Å². The lowest BCUT2D eigenvalue weighted by atomic mass is 10.0. The molecule has 1 amide bonds. The van der Waals surface area contributed by atoms with Gasteiger partial charge in [-0.3, -0.25) is 9.59 Å². The van der Waals surface area contributed by atoms with Crippen molar-refractivity contribution >= 4 is 11.9 Å². The summed E-state index contributed by atoms with van der Waals surface area (Å²) in [4.78, 5) is 22.2. The van der Waals surface area contributed by atoms with Crippen LogP contribution in [0.25, 0.3) is 0 Å². The van der Waals surface area contributed by atoms with Gasteiger partial charge in [0.2, 0.25) is 5.91 Å². The van der Waals surface area contributed by atoms with E-state index in [-0.39, 0.29) is 31.2 Å². The van der Waals surface area contributed by atoms with E-state index in [9.17, 15) is 18.4 Å². The lowest BCUT2D eigenvalue weighted by molar-refractivity contribution is -0.138. The average Bonchev–Trinajstić information content (AvgIpc) is 2.38. The summed E-state index contributed by atoms with van der Waals surface area (Å²) in [5, 5.41) is 11.3. The van der Waals surface area contributed by atoms with Crippen molar-refractivity contribution < 1.29 is 23.5 Å². The molecule has 0 aliphatic rings. The fourth-order valence-electron chi connectivity index (χ4n) is 1.76. The molecule has 0 saturated carbocycles. The molecule has 1 rings (SSSR count). The Morgan fingerprint density at radius 3 is 2.55 bits per heavy atom. The number of halogens is 2. The minimum absolute atomic E-state index is 0.0119. The van der Waals surface area contributed by atoms with E-state index in [4.69, 9.17) is 5.11 Å². The molecule has 110 valence electrons. The minimum Gasteiger partial charge on any atom is -0.481 e. The van der Waals surface area contributed by atoms with Crippen molar-refractivity contribution in [3.63, 3.8) is 0 Å². The molecule has 1 unspecified atom stereocenters. The van der Waals surface area contributed by atoms with Crippen molar-refractivity contribution in [3.05, 3.63) is 35.4 Å². The van der Waals surface area contributed by atoms with Crippen LogP contribution in [0, 0.1) is 17.6 Å². The molecule has 1 aromatic carbocycles. The smallest absolute Gasteiger partial charge is 0.303 e. The third-order valence-corrected chi connectivity index (χ3v) is 2.98. The Morgan fingerprint density at radius 1 is 1.30 bits per heavy atom. The van der Waals surface area contributed by atoms with Crippen molar-refractivity contribution in [3.8, 4) is 0 Å². The monoisotopic (exact) mass is 285 g/mol. The zero-order valence-corrected chi connectivity index (χ0v) is 11.2. The SMILES string of the molecule is CCC(CNC(=O)Cc1ccc(F)c(F)c1)CC(=O)O. The summed E-state index contributed by atoms with van der Waals surface area (Å²) in [5.41, 5.74) is 0.368. The van der Waals surface area contributed by atoms with Crippen LogP contribution in [0.15, 0.2) is 18.2 Å². The van der Waals surface area contributed by atoms with E-state index in [0.29, 0.717) is 12.0 Å². The van der Waals surface area contributed by atoms with Crippen LogP contribution >= 0.6 is 0 Å². The maximum absolute atomic E-state index is 13.0. The second-order valence-electron chi connectivity index (χ2n) is 4.60. The normalized spacial score (nSPS) is 11.9. The van der Waals surface area contributed by atoms with Gasteiger partial charge in [-0.1, -0.05) is 19.4 Å². The lowest BCUT2D eigenvalue weighted by Crippen LogP contribution is -2.31. The molecular weight excluding hydrogens is 268 g/mol. The molecule has 20 heavy (non-hydrogen) atoms. The van der Waals surface area contributed by atoms with Crippen molar-refractivity contribution in [2.75, 3.05) is 6.54 Å². The van der Waals surface area contributed by atoms with Gasteiger partial charge in [0.1, 0.15) is 0 Å². The van der Waals surface area contributed by atoms with E-state index in [1.54, 1.807) is 0 Å². The molecule has 2 N–H and O–H groups in total. The number of amides is 1. The average molecular weight is 285 g/mol. The fourth-order valence-corrected chi connectivity index (χ4v) is 1.76. The van der Waals surface area contributed by atoms with Crippen LogP contribution < -0.4 is 5.32 Å². The minimum atomic E-state index is -0.993. The second-order valence-corrected chi connectivity index (χ2v) is 4.60. The Morgan fingerprint density at radius 2 is 2.00 bits per heavy atom. The maximum Gasteiger partial charge on any atom is 0.303 e. The molecule has 0 heterocycles. The summed E-state index contributed by atoms with van der Waals surface area (Å²) < 4.78 is 25.7. The predicted octanol–water partition coefficient (Wildman–Crippen LogP) is 2.12. The number of aliphatic carboxylic acids is 1. The first-order valence-corrected chi connectivity index (χ1v) is 6.34. The van der Waals surface area contributed by atoms with Crippen molar-refractivity contribution in [1.29, 1.82) is 0 Å². The standard InChI is InChI=1S/C14H17F2NO3/c1-2-9(7-14(19)20)8-17-13(18)6-10-3-4-11(15)12(16)5-10/h3-5,9H,2,6-8H2,1H3,(H,17,18)(H,19,20). The van der Waals surface area contributed by atoms with Crippen LogP contribution in [0.1, 0.15) is 25.3 Å². The Bertz CT molecular complexity index is 491. The summed E-state index contributed by atoms with van der Waals surface area (Å²) in [6, 6.07) is 3.28. The van der Waals surface area contributed by atoms with Crippen molar-refractivity contribution in [1.82, 2.24) is 5.32 Å². The van der Waals surface area contributed by atoms with Gasteiger partial charge in [0.05, 0.1) is 6.42 Å². The van der Waals surface area contributed by atoms with Gasteiger partial charge in [-0.15, -0.1) is 0 Å². The fraction of sp³-hybridized carbons (Fsp3) is 0.429. The number of carboxylic acids is 1. The topological polar surface area (TPSA) is 66.4 Å². The molecule has 0 aliphatic heterocycles. The van der Waals surface area contributed by atoms with Crippen LogP contribution in [0.3, 0.4) is 0 Å². The number of hydrogen-bond acceptors (Lipinski definition) is 2. The maximum atomic E-state index is 13.0. The first kappa shape index (κ1) is 16.1. The van der Waals surface area contributed by atoms with Gasteiger partial charge in [-0.2, -0.15) is 0 Å². The number of benzene rings is 1. The highest BCUT2D eigenvalue weighted by molar-refractivity contribution is 5.78. The lowest BCUT2D eigenvalue weighted by Gasteiger charge is -2.13.